The lowest BCUT2D eigenvalue weighted by molar-refractivity contribution is 0.623. The van der Waals surface area contributed by atoms with Gasteiger partial charge in [-0.1, -0.05) is 12.1 Å². The van der Waals surface area contributed by atoms with Gasteiger partial charge in [0.25, 0.3) is 0 Å². The summed E-state index contributed by atoms with van der Waals surface area (Å²) in [6.07, 6.45) is 1.34. The molecule has 0 N–H and O–H groups in total. The summed E-state index contributed by atoms with van der Waals surface area (Å²) in [5.41, 5.74) is 1.76. The molecule has 2 nitrogen and oxygen atoms in total. The fraction of sp³-hybridized carbons (Fsp3) is 0.364. The molecule has 0 saturated carbocycles. The normalized spacial score (nSPS) is 13.9. The Hall–Kier alpha value is -1.56. The number of para-hydroxylation sites is 1. The number of halogens is 1. The van der Waals surface area contributed by atoms with Gasteiger partial charge in [-0.15, -0.1) is 0 Å². The molecule has 0 radical (unpaired) electrons. The molecular formula is C11H11FN2. The summed E-state index contributed by atoms with van der Waals surface area (Å²) in [5.74, 6) is -0.169. The molecule has 0 bridgehead atoms. The number of hydrogen-bond acceptors (Lipinski definition) is 2. The summed E-state index contributed by atoms with van der Waals surface area (Å²) in [6.45, 7) is 1.46. The summed E-state index contributed by atoms with van der Waals surface area (Å²) in [5, 5.41) is 8.47. The van der Waals surface area contributed by atoms with E-state index in [1.165, 1.54) is 6.07 Å². The molecule has 1 aromatic rings. The minimum atomic E-state index is -0.169. The Morgan fingerprint density at radius 1 is 1.50 bits per heavy atom. The van der Waals surface area contributed by atoms with Crippen molar-refractivity contribution < 1.29 is 4.39 Å². The average Bonchev–Trinajstić information content (AvgIpc) is 2.59. The van der Waals surface area contributed by atoms with E-state index in [0.717, 1.165) is 18.5 Å². The van der Waals surface area contributed by atoms with E-state index in [-0.39, 0.29) is 5.82 Å². The highest BCUT2D eigenvalue weighted by Crippen LogP contribution is 2.30. The third-order valence-corrected chi connectivity index (χ3v) is 2.53. The predicted molar refractivity (Wildman–Crippen MR) is 52.5 cm³/mol. The summed E-state index contributed by atoms with van der Waals surface area (Å²) in [4.78, 5) is 1.95. The molecule has 72 valence electrons. The molecule has 0 saturated heterocycles. The molecule has 14 heavy (non-hydrogen) atoms. The van der Waals surface area contributed by atoms with Crippen LogP contribution < -0.4 is 4.90 Å². The molecule has 1 aliphatic heterocycles. The zero-order valence-corrected chi connectivity index (χ0v) is 7.83. The number of anilines is 1. The number of nitrogens with zero attached hydrogens (tertiary/aromatic N) is 2. The van der Waals surface area contributed by atoms with E-state index < -0.39 is 0 Å². The Bertz CT molecular complexity index is 381. The second-order valence-corrected chi connectivity index (χ2v) is 3.39. The van der Waals surface area contributed by atoms with Crippen molar-refractivity contribution in [3.8, 4) is 6.07 Å². The average molecular weight is 190 g/mol. The first kappa shape index (κ1) is 9.01. The summed E-state index contributed by atoms with van der Waals surface area (Å²) in [6, 6.07) is 7.24. The van der Waals surface area contributed by atoms with Gasteiger partial charge in [0, 0.05) is 13.1 Å². The van der Waals surface area contributed by atoms with E-state index in [9.17, 15) is 4.39 Å². The predicted octanol–water partition coefficient (Wildman–Crippen LogP) is 2.10. The van der Waals surface area contributed by atoms with Crippen molar-refractivity contribution in [1.82, 2.24) is 0 Å². The number of fused-ring (bicyclic) bond motifs is 1. The summed E-state index contributed by atoms with van der Waals surface area (Å²) >= 11 is 0. The highest BCUT2D eigenvalue weighted by Gasteiger charge is 2.21. The molecule has 0 fully saturated rings. The van der Waals surface area contributed by atoms with Crippen molar-refractivity contribution in [2.75, 3.05) is 18.0 Å². The minimum Gasteiger partial charge on any atom is -0.368 e. The van der Waals surface area contributed by atoms with Crippen molar-refractivity contribution in [2.45, 2.75) is 12.8 Å². The second kappa shape index (κ2) is 3.67. The molecule has 2 rings (SSSR count). The van der Waals surface area contributed by atoms with Crippen molar-refractivity contribution in [3.63, 3.8) is 0 Å². The molecule has 0 aliphatic carbocycles. The van der Waals surface area contributed by atoms with E-state index >= 15 is 0 Å². The molecule has 0 aromatic heterocycles. The monoisotopic (exact) mass is 190 g/mol. The maximum Gasteiger partial charge on any atom is 0.146 e. The Morgan fingerprint density at radius 2 is 2.36 bits per heavy atom. The zero-order chi connectivity index (χ0) is 9.97. The topological polar surface area (TPSA) is 27.0 Å². The molecular weight excluding hydrogens is 179 g/mol. The van der Waals surface area contributed by atoms with Crippen LogP contribution in [0.2, 0.25) is 0 Å². The number of hydrogen-bond donors (Lipinski definition) is 0. The van der Waals surface area contributed by atoms with Crippen LogP contribution in [-0.4, -0.2) is 13.1 Å². The third-order valence-electron chi connectivity index (χ3n) is 2.53. The molecule has 1 heterocycles. The molecule has 1 aliphatic rings. The molecule has 0 amide bonds. The van der Waals surface area contributed by atoms with Gasteiger partial charge < -0.3 is 4.90 Å². The van der Waals surface area contributed by atoms with Gasteiger partial charge in [0.15, 0.2) is 0 Å². The Balaban J connectivity index is 2.25. The van der Waals surface area contributed by atoms with Crippen LogP contribution in [0.25, 0.3) is 0 Å². The van der Waals surface area contributed by atoms with E-state index in [4.69, 9.17) is 5.26 Å². The van der Waals surface area contributed by atoms with Gasteiger partial charge in [-0.3, -0.25) is 0 Å². The SMILES string of the molecule is N#CCCN1CCc2cccc(F)c21. The van der Waals surface area contributed by atoms with Crippen LogP contribution in [0.3, 0.4) is 0 Å². The zero-order valence-electron chi connectivity index (χ0n) is 7.83. The van der Waals surface area contributed by atoms with Crippen molar-refractivity contribution in [3.05, 3.63) is 29.6 Å². The van der Waals surface area contributed by atoms with Crippen molar-refractivity contribution in [1.29, 1.82) is 5.26 Å². The quantitative estimate of drug-likeness (QED) is 0.714. The summed E-state index contributed by atoms with van der Waals surface area (Å²) in [7, 11) is 0. The van der Waals surface area contributed by atoms with Crippen LogP contribution in [0, 0.1) is 17.1 Å². The van der Waals surface area contributed by atoms with Gasteiger partial charge in [0.05, 0.1) is 18.2 Å². The van der Waals surface area contributed by atoms with Gasteiger partial charge in [0.1, 0.15) is 5.82 Å². The Morgan fingerprint density at radius 3 is 3.14 bits per heavy atom. The van der Waals surface area contributed by atoms with Crippen LogP contribution in [0.5, 0.6) is 0 Å². The summed E-state index contributed by atoms with van der Waals surface area (Å²) < 4.78 is 13.4. The van der Waals surface area contributed by atoms with Crippen LogP contribution in [-0.2, 0) is 6.42 Å². The molecule has 0 atom stereocenters. The van der Waals surface area contributed by atoms with Gasteiger partial charge in [0.2, 0.25) is 0 Å². The fourth-order valence-electron chi connectivity index (χ4n) is 1.89. The van der Waals surface area contributed by atoms with Crippen molar-refractivity contribution >= 4 is 5.69 Å². The highest BCUT2D eigenvalue weighted by atomic mass is 19.1. The number of rotatable bonds is 2. The minimum absolute atomic E-state index is 0.169. The van der Waals surface area contributed by atoms with Gasteiger partial charge >= 0.3 is 0 Å². The Kier molecular flexibility index (Phi) is 2.36. The van der Waals surface area contributed by atoms with Crippen LogP contribution in [0.4, 0.5) is 10.1 Å². The van der Waals surface area contributed by atoms with Crippen LogP contribution in [0.15, 0.2) is 18.2 Å². The first-order valence-electron chi connectivity index (χ1n) is 4.72. The van der Waals surface area contributed by atoms with Crippen molar-refractivity contribution in [2.24, 2.45) is 0 Å². The van der Waals surface area contributed by atoms with E-state index in [0.29, 0.717) is 18.7 Å². The maximum atomic E-state index is 13.4. The third kappa shape index (κ3) is 1.44. The fourth-order valence-corrected chi connectivity index (χ4v) is 1.89. The number of nitriles is 1. The van der Waals surface area contributed by atoms with Gasteiger partial charge in [-0.25, -0.2) is 4.39 Å². The van der Waals surface area contributed by atoms with E-state index in [1.807, 2.05) is 11.0 Å². The smallest absolute Gasteiger partial charge is 0.146 e. The first-order valence-corrected chi connectivity index (χ1v) is 4.72. The lowest BCUT2D eigenvalue weighted by atomic mass is 10.1. The highest BCUT2D eigenvalue weighted by molar-refractivity contribution is 5.58. The first-order chi connectivity index (χ1) is 6.83. The molecule has 3 heteroatoms. The number of benzene rings is 1. The van der Waals surface area contributed by atoms with Crippen LogP contribution >= 0.6 is 0 Å². The van der Waals surface area contributed by atoms with Gasteiger partial charge in [-0.2, -0.15) is 5.26 Å². The van der Waals surface area contributed by atoms with Gasteiger partial charge in [-0.05, 0) is 18.1 Å². The largest absolute Gasteiger partial charge is 0.368 e. The molecule has 0 unspecified atom stereocenters. The lowest BCUT2D eigenvalue weighted by Crippen LogP contribution is -2.22. The maximum absolute atomic E-state index is 13.4. The van der Waals surface area contributed by atoms with E-state index in [1.54, 1.807) is 6.07 Å². The Labute approximate surface area is 82.6 Å². The van der Waals surface area contributed by atoms with Crippen LogP contribution in [0.1, 0.15) is 12.0 Å². The molecule has 0 spiro atoms. The standard InChI is InChI=1S/C11H11FN2/c12-10-4-1-3-9-5-8-14(11(9)10)7-2-6-13/h1,3-4H,2,5,7-8H2. The molecule has 1 aromatic carbocycles. The van der Waals surface area contributed by atoms with E-state index in [2.05, 4.69) is 6.07 Å². The second-order valence-electron chi connectivity index (χ2n) is 3.39. The lowest BCUT2D eigenvalue weighted by Gasteiger charge is -2.17.